The van der Waals surface area contributed by atoms with Gasteiger partial charge in [-0.3, -0.25) is 19.8 Å². The van der Waals surface area contributed by atoms with Crippen LogP contribution >= 0.6 is 0 Å². The van der Waals surface area contributed by atoms with Crippen LogP contribution in [0.3, 0.4) is 0 Å². The van der Waals surface area contributed by atoms with Crippen LogP contribution in [-0.2, 0) is 11.3 Å². The van der Waals surface area contributed by atoms with Gasteiger partial charge in [0, 0.05) is 32.7 Å². The van der Waals surface area contributed by atoms with E-state index in [0.717, 1.165) is 19.5 Å². The number of amides is 1. The van der Waals surface area contributed by atoms with Gasteiger partial charge in [-0.15, -0.1) is 0 Å². The van der Waals surface area contributed by atoms with Crippen LogP contribution in [0, 0.1) is 10.1 Å². The highest BCUT2D eigenvalue weighted by atomic mass is 16.6. The number of carbonyl (C=O) groups is 1. The zero-order chi connectivity index (χ0) is 14.7. The molecule has 0 unspecified atom stereocenters. The lowest BCUT2D eigenvalue weighted by molar-refractivity contribution is -0.384. The number of hydrogen-bond acceptors (Lipinski definition) is 5. The lowest BCUT2D eigenvalue weighted by atomic mass is 10.1. The minimum atomic E-state index is -0.486. The number of hydrogen-bond donors (Lipinski definition) is 1. The number of nitro benzene ring substituents is 1. The number of likely N-dealkylation sites (N-methyl/N-ethyl adjacent to an activating group) is 1. The molecule has 7 heteroatoms. The maximum Gasteiger partial charge on any atom is 0.292 e. The fourth-order valence-electron chi connectivity index (χ4n) is 2.32. The highest BCUT2D eigenvalue weighted by molar-refractivity contribution is 5.78. The van der Waals surface area contributed by atoms with E-state index in [4.69, 9.17) is 5.73 Å². The van der Waals surface area contributed by atoms with Gasteiger partial charge in [0.1, 0.15) is 5.69 Å². The Bertz CT molecular complexity index is 532. The van der Waals surface area contributed by atoms with Gasteiger partial charge in [-0.1, -0.05) is 12.1 Å². The number of nitrogen functional groups attached to an aromatic ring is 1. The zero-order valence-corrected chi connectivity index (χ0v) is 11.4. The number of carbonyl (C=O) groups excluding carboxylic acids is 1. The molecular weight excluding hydrogens is 260 g/mol. The van der Waals surface area contributed by atoms with Crippen LogP contribution in [0.15, 0.2) is 18.2 Å². The predicted octanol–water partition coefficient (Wildman–Crippen LogP) is 0.841. The monoisotopic (exact) mass is 278 g/mol. The lowest BCUT2D eigenvalue weighted by Crippen LogP contribution is -2.34. The van der Waals surface area contributed by atoms with E-state index in [1.807, 2.05) is 4.90 Å². The molecule has 2 rings (SSSR count). The number of para-hydroxylation sites is 1. The van der Waals surface area contributed by atoms with Crippen LogP contribution in [0.4, 0.5) is 11.4 Å². The van der Waals surface area contributed by atoms with Gasteiger partial charge >= 0.3 is 0 Å². The Balaban J connectivity index is 2.15. The molecule has 1 aromatic rings. The summed E-state index contributed by atoms with van der Waals surface area (Å²) < 4.78 is 0. The molecule has 1 fully saturated rings. The Kier molecular flexibility index (Phi) is 4.19. The average Bonchev–Trinajstić information content (AvgIpc) is 2.54. The van der Waals surface area contributed by atoms with E-state index < -0.39 is 4.92 Å². The number of nitrogens with two attached hydrogens (primary N) is 1. The maximum absolute atomic E-state index is 11.8. The van der Waals surface area contributed by atoms with Crippen molar-refractivity contribution in [3.63, 3.8) is 0 Å². The first kappa shape index (κ1) is 14.3. The quantitative estimate of drug-likeness (QED) is 0.502. The molecule has 1 aliphatic rings. The molecule has 0 aliphatic carbocycles. The molecule has 0 saturated carbocycles. The van der Waals surface area contributed by atoms with Gasteiger partial charge in [-0.2, -0.15) is 0 Å². The van der Waals surface area contributed by atoms with Crippen molar-refractivity contribution >= 4 is 17.3 Å². The van der Waals surface area contributed by atoms with Crippen LogP contribution in [0.2, 0.25) is 0 Å². The van der Waals surface area contributed by atoms with Crippen LogP contribution in [0.1, 0.15) is 12.0 Å². The molecule has 0 radical (unpaired) electrons. The van der Waals surface area contributed by atoms with Crippen molar-refractivity contribution in [3.8, 4) is 0 Å². The van der Waals surface area contributed by atoms with E-state index in [2.05, 4.69) is 0 Å². The molecule has 1 saturated heterocycles. The summed E-state index contributed by atoms with van der Waals surface area (Å²) in [5, 5.41) is 10.9. The Morgan fingerprint density at radius 3 is 2.85 bits per heavy atom. The second-order valence-corrected chi connectivity index (χ2v) is 4.99. The topological polar surface area (TPSA) is 92.7 Å². The average molecular weight is 278 g/mol. The van der Waals surface area contributed by atoms with Crippen LogP contribution in [-0.4, -0.2) is 47.3 Å². The SMILES string of the molecule is CN1CCCN(Cc2cccc([N+](=O)[O-])c2N)CC1=O. The van der Waals surface area contributed by atoms with Gasteiger partial charge < -0.3 is 10.6 Å². The van der Waals surface area contributed by atoms with Crippen LogP contribution < -0.4 is 5.73 Å². The Morgan fingerprint density at radius 1 is 1.40 bits per heavy atom. The molecule has 0 atom stereocenters. The summed E-state index contributed by atoms with van der Waals surface area (Å²) >= 11 is 0. The Labute approximate surface area is 117 Å². The van der Waals surface area contributed by atoms with Crippen molar-refractivity contribution in [2.45, 2.75) is 13.0 Å². The zero-order valence-electron chi connectivity index (χ0n) is 11.4. The molecule has 1 heterocycles. The minimum absolute atomic E-state index is 0.0616. The van der Waals surface area contributed by atoms with Gasteiger partial charge in [0.15, 0.2) is 0 Å². The Hall–Kier alpha value is -2.15. The van der Waals surface area contributed by atoms with Crippen molar-refractivity contribution in [3.05, 3.63) is 33.9 Å². The third-order valence-corrected chi connectivity index (χ3v) is 3.52. The van der Waals surface area contributed by atoms with Crippen molar-refractivity contribution < 1.29 is 9.72 Å². The first-order valence-electron chi connectivity index (χ1n) is 6.47. The minimum Gasteiger partial charge on any atom is -0.393 e. The second kappa shape index (κ2) is 5.87. The summed E-state index contributed by atoms with van der Waals surface area (Å²) in [6, 6.07) is 4.77. The molecule has 1 aromatic carbocycles. The summed E-state index contributed by atoms with van der Waals surface area (Å²) in [5.74, 6) is 0.0616. The molecule has 0 spiro atoms. The summed E-state index contributed by atoms with van der Waals surface area (Å²) in [6.45, 7) is 2.28. The normalized spacial score (nSPS) is 17.1. The molecule has 108 valence electrons. The molecule has 1 aliphatic heterocycles. The number of anilines is 1. The molecule has 0 aromatic heterocycles. The highest BCUT2D eigenvalue weighted by Crippen LogP contribution is 2.26. The molecule has 2 N–H and O–H groups in total. The summed E-state index contributed by atoms with van der Waals surface area (Å²) in [5.41, 5.74) is 6.63. The van der Waals surface area contributed by atoms with Crippen LogP contribution in [0.25, 0.3) is 0 Å². The van der Waals surface area contributed by atoms with E-state index in [9.17, 15) is 14.9 Å². The first-order chi connectivity index (χ1) is 9.49. The smallest absolute Gasteiger partial charge is 0.292 e. The first-order valence-corrected chi connectivity index (χ1v) is 6.47. The highest BCUT2D eigenvalue weighted by Gasteiger charge is 2.21. The molecular formula is C13H18N4O3. The largest absolute Gasteiger partial charge is 0.393 e. The van der Waals surface area contributed by atoms with Crippen molar-refractivity contribution in [1.82, 2.24) is 9.80 Å². The van der Waals surface area contributed by atoms with Gasteiger partial charge in [0.05, 0.1) is 11.5 Å². The summed E-state index contributed by atoms with van der Waals surface area (Å²) in [4.78, 5) is 25.9. The van der Waals surface area contributed by atoms with Crippen molar-refractivity contribution in [2.75, 3.05) is 32.4 Å². The molecule has 0 bridgehead atoms. The standard InChI is InChI=1S/C13H18N4O3/c1-15-6-3-7-16(9-12(15)18)8-10-4-2-5-11(13(10)14)17(19)20/h2,4-5H,3,6-9,14H2,1H3. The number of nitro groups is 1. The third-order valence-electron chi connectivity index (χ3n) is 3.52. The molecule has 7 nitrogen and oxygen atoms in total. The van der Waals surface area contributed by atoms with Crippen molar-refractivity contribution in [2.24, 2.45) is 0 Å². The fourth-order valence-corrected chi connectivity index (χ4v) is 2.32. The van der Waals surface area contributed by atoms with Gasteiger partial charge in [-0.05, 0) is 12.0 Å². The van der Waals surface area contributed by atoms with E-state index in [1.165, 1.54) is 6.07 Å². The number of benzene rings is 1. The third kappa shape index (κ3) is 3.05. The van der Waals surface area contributed by atoms with E-state index in [-0.39, 0.29) is 17.3 Å². The van der Waals surface area contributed by atoms with E-state index in [0.29, 0.717) is 18.7 Å². The van der Waals surface area contributed by atoms with Crippen molar-refractivity contribution in [1.29, 1.82) is 0 Å². The Morgan fingerprint density at radius 2 is 2.15 bits per heavy atom. The predicted molar refractivity (Wildman–Crippen MR) is 75.0 cm³/mol. The molecule has 20 heavy (non-hydrogen) atoms. The maximum atomic E-state index is 11.8. The molecule has 1 amide bonds. The van der Waals surface area contributed by atoms with Gasteiger partial charge in [-0.25, -0.2) is 0 Å². The van der Waals surface area contributed by atoms with Gasteiger partial charge in [0.2, 0.25) is 5.91 Å². The van der Waals surface area contributed by atoms with Gasteiger partial charge in [0.25, 0.3) is 5.69 Å². The number of nitrogens with zero attached hydrogens (tertiary/aromatic N) is 3. The summed E-state index contributed by atoms with van der Waals surface area (Å²) in [7, 11) is 1.79. The second-order valence-electron chi connectivity index (χ2n) is 4.99. The summed E-state index contributed by atoms with van der Waals surface area (Å²) in [6.07, 6.45) is 0.886. The fraction of sp³-hybridized carbons (Fsp3) is 0.462. The van der Waals surface area contributed by atoms with E-state index in [1.54, 1.807) is 24.1 Å². The number of rotatable bonds is 3. The lowest BCUT2D eigenvalue weighted by Gasteiger charge is -2.20. The van der Waals surface area contributed by atoms with Crippen LogP contribution in [0.5, 0.6) is 0 Å². The van der Waals surface area contributed by atoms with E-state index >= 15 is 0 Å².